The molecule has 0 radical (unpaired) electrons. The molecule has 1 heterocycles. The number of nitrogens with zero attached hydrogens (tertiary/aromatic N) is 1. The summed E-state index contributed by atoms with van der Waals surface area (Å²) in [4.78, 5) is 25.4. The molecule has 0 saturated heterocycles. The molecule has 2 unspecified atom stereocenters. The number of sulfonamides is 1. The number of carbonyl (C=O) groups excluding carboxylic acids is 2. The lowest BCUT2D eigenvalue weighted by Gasteiger charge is -2.21. The van der Waals surface area contributed by atoms with E-state index in [0.29, 0.717) is 12.8 Å². The topological polar surface area (TPSA) is 105 Å². The van der Waals surface area contributed by atoms with Gasteiger partial charge in [0, 0.05) is 31.2 Å². The maximum absolute atomic E-state index is 12.8. The van der Waals surface area contributed by atoms with E-state index in [2.05, 4.69) is 10.0 Å². The first-order valence-electron chi connectivity index (χ1n) is 9.90. The van der Waals surface area contributed by atoms with E-state index in [-0.39, 0.29) is 42.0 Å². The van der Waals surface area contributed by atoms with Crippen LogP contribution in [0, 0.1) is 5.92 Å². The van der Waals surface area contributed by atoms with Gasteiger partial charge in [-0.25, -0.2) is 17.9 Å². The van der Waals surface area contributed by atoms with Crippen LogP contribution in [0.25, 0.3) is 0 Å². The number of carbonyl (C=O) groups is 2. The minimum Gasteiger partial charge on any atom is -0.450 e. The van der Waals surface area contributed by atoms with Crippen LogP contribution in [0.2, 0.25) is 0 Å². The van der Waals surface area contributed by atoms with E-state index in [1.165, 1.54) is 13.0 Å². The van der Waals surface area contributed by atoms with Gasteiger partial charge in [-0.1, -0.05) is 13.8 Å². The number of hydrogen-bond donors (Lipinski definition) is 2. The van der Waals surface area contributed by atoms with Crippen molar-refractivity contribution < 1.29 is 22.7 Å². The Morgan fingerprint density at radius 3 is 2.59 bits per heavy atom. The Morgan fingerprint density at radius 1 is 1.31 bits per heavy atom. The van der Waals surface area contributed by atoms with Crippen LogP contribution in [-0.2, 0) is 26.0 Å². The maximum atomic E-state index is 12.8. The summed E-state index contributed by atoms with van der Waals surface area (Å²) in [6, 6.07) is 4.42. The van der Waals surface area contributed by atoms with Crippen LogP contribution in [0.4, 0.5) is 10.5 Å². The van der Waals surface area contributed by atoms with E-state index >= 15 is 0 Å². The quantitative estimate of drug-likeness (QED) is 0.666. The predicted molar refractivity (Wildman–Crippen MR) is 111 cm³/mol. The average molecular weight is 426 g/mol. The van der Waals surface area contributed by atoms with Crippen LogP contribution in [0.3, 0.4) is 0 Å². The number of nitrogens with one attached hydrogen (secondary N) is 2. The van der Waals surface area contributed by atoms with Crippen LogP contribution < -0.4 is 14.9 Å². The molecule has 29 heavy (non-hydrogen) atoms. The molecule has 2 atom stereocenters. The number of rotatable bonds is 8. The molecule has 1 aromatic rings. The van der Waals surface area contributed by atoms with E-state index in [0.717, 1.165) is 11.3 Å². The molecular weight excluding hydrogens is 394 g/mol. The summed E-state index contributed by atoms with van der Waals surface area (Å²) in [5, 5.41) is 2.71. The van der Waals surface area contributed by atoms with Crippen molar-refractivity contribution in [2.24, 2.45) is 5.92 Å². The van der Waals surface area contributed by atoms with Crippen molar-refractivity contribution >= 4 is 27.7 Å². The molecule has 9 heteroatoms. The Balaban J connectivity index is 2.13. The number of hydrogen-bond acceptors (Lipinski definition) is 5. The van der Waals surface area contributed by atoms with Gasteiger partial charge in [0.2, 0.25) is 15.9 Å². The number of alkyl carbamates (subject to hydrolysis) is 1. The molecule has 0 bridgehead atoms. The van der Waals surface area contributed by atoms with Crippen LogP contribution >= 0.6 is 0 Å². The summed E-state index contributed by atoms with van der Waals surface area (Å²) < 4.78 is 33.1. The van der Waals surface area contributed by atoms with Gasteiger partial charge in [-0.15, -0.1) is 0 Å². The Labute approximate surface area is 173 Å². The molecule has 0 aliphatic carbocycles. The van der Waals surface area contributed by atoms with Crippen molar-refractivity contribution in [1.29, 1.82) is 0 Å². The Bertz CT molecular complexity index is 854. The number of anilines is 1. The van der Waals surface area contributed by atoms with Gasteiger partial charge in [-0.2, -0.15) is 0 Å². The lowest BCUT2D eigenvalue weighted by atomic mass is 10.0. The van der Waals surface area contributed by atoms with Crippen LogP contribution in [0.15, 0.2) is 23.1 Å². The van der Waals surface area contributed by atoms with Gasteiger partial charge in [0.05, 0.1) is 11.5 Å². The van der Waals surface area contributed by atoms with Crippen molar-refractivity contribution in [1.82, 2.24) is 10.0 Å². The molecular formula is C20H31N3O5S. The molecule has 0 spiro atoms. The first-order chi connectivity index (χ1) is 13.5. The van der Waals surface area contributed by atoms with Gasteiger partial charge in [0.15, 0.2) is 0 Å². The zero-order valence-corrected chi connectivity index (χ0v) is 18.5. The molecule has 0 saturated carbocycles. The highest BCUT2D eigenvalue weighted by molar-refractivity contribution is 7.89. The van der Waals surface area contributed by atoms with Gasteiger partial charge in [0.1, 0.15) is 0 Å². The molecule has 1 aromatic carbocycles. The lowest BCUT2D eigenvalue weighted by molar-refractivity contribution is -0.116. The van der Waals surface area contributed by atoms with E-state index in [4.69, 9.17) is 4.74 Å². The minimum absolute atomic E-state index is 0.00221. The average Bonchev–Trinajstić information content (AvgIpc) is 2.94. The van der Waals surface area contributed by atoms with Gasteiger partial charge in [-0.3, -0.25) is 4.79 Å². The van der Waals surface area contributed by atoms with E-state index in [1.807, 2.05) is 20.8 Å². The largest absolute Gasteiger partial charge is 0.450 e. The summed E-state index contributed by atoms with van der Waals surface area (Å²) in [5.41, 5.74) is 1.59. The highest BCUT2D eigenvalue weighted by Gasteiger charge is 2.30. The molecule has 1 aliphatic heterocycles. The third kappa shape index (κ3) is 5.93. The molecule has 2 N–H and O–H groups in total. The van der Waals surface area contributed by atoms with Crippen molar-refractivity contribution in [3.8, 4) is 0 Å². The number of benzene rings is 1. The van der Waals surface area contributed by atoms with Crippen LogP contribution in [0.1, 0.15) is 46.6 Å². The molecule has 162 valence electrons. The SMILES string of the molecule is CCOC(=O)NC(CNS(=O)(=O)c1ccc2c(c1)CC(C)N2C(C)=O)CC(C)C. The molecule has 8 nitrogen and oxygen atoms in total. The van der Waals surface area contributed by atoms with E-state index < -0.39 is 16.1 Å². The Hall–Kier alpha value is -2.13. The zero-order chi connectivity index (χ0) is 21.8. The molecule has 1 aliphatic rings. The monoisotopic (exact) mass is 425 g/mol. The fourth-order valence-corrected chi connectivity index (χ4v) is 4.78. The molecule has 0 aromatic heterocycles. The molecule has 0 fully saturated rings. The van der Waals surface area contributed by atoms with Crippen molar-refractivity contribution in [2.75, 3.05) is 18.1 Å². The number of ether oxygens (including phenoxy) is 1. The normalized spacial score (nSPS) is 17.2. The minimum atomic E-state index is -3.76. The predicted octanol–water partition coefficient (Wildman–Crippen LogP) is 2.42. The summed E-state index contributed by atoms with van der Waals surface area (Å²) in [7, 11) is -3.76. The summed E-state index contributed by atoms with van der Waals surface area (Å²) >= 11 is 0. The lowest BCUT2D eigenvalue weighted by Crippen LogP contribution is -2.44. The van der Waals surface area contributed by atoms with Gasteiger partial charge in [0.25, 0.3) is 0 Å². The van der Waals surface area contributed by atoms with Crippen LogP contribution in [0.5, 0.6) is 0 Å². The Kier molecular flexibility index (Phi) is 7.65. The van der Waals surface area contributed by atoms with Gasteiger partial charge < -0.3 is 15.0 Å². The molecule has 2 amide bonds. The fraction of sp³-hybridized carbons (Fsp3) is 0.600. The van der Waals surface area contributed by atoms with Crippen molar-refractivity contribution in [3.63, 3.8) is 0 Å². The molecule has 2 rings (SSSR count). The Morgan fingerprint density at radius 2 is 2.00 bits per heavy atom. The van der Waals surface area contributed by atoms with Crippen LogP contribution in [-0.4, -0.2) is 45.7 Å². The second-order valence-corrected chi connectivity index (χ2v) is 9.54. The van der Waals surface area contributed by atoms with Crippen molar-refractivity contribution in [2.45, 2.75) is 64.4 Å². The maximum Gasteiger partial charge on any atom is 0.407 e. The zero-order valence-electron chi connectivity index (χ0n) is 17.7. The summed E-state index contributed by atoms with van der Waals surface area (Å²) in [6.07, 6.45) is 0.656. The van der Waals surface area contributed by atoms with Crippen molar-refractivity contribution in [3.05, 3.63) is 23.8 Å². The number of amides is 2. The smallest absolute Gasteiger partial charge is 0.407 e. The summed E-state index contributed by atoms with van der Waals surface area (Å²) in [5.74, 6) is 0.206. The third-order valence-electron chi connectivity index (χ3n) is 4.79. The highest BCUT2D eigenvalue weighted by atomic mass is 32.2. The highest BCUT2D eigenvalue weighted by Crippen LogP contribution is 2.33. The second-order valence-electron chi connectivity index (χ2n) is 7.78. The number of fused-ring (bicyclic) bond motifs is 1. The van der Waals surface area contributed by atoms with E-state index in [9.17, 15) is 18.0 Å². The van der Waals surface area contributed by atoms with E-state index in [1.54, 1.807) is 24.0 Å². The standard InChI is InChI=1S/C20H31N3O5S/c1-6-28-20(25)22-17(9-13(2)3)12-21-29(26,27)18-7-8-19-16(11-18)10-14(4)23(19)15(5)24/h7-8,11,13-14,17,21H,6,9-10,12H2,1-5H3,(H,22,25). The second kappa shape index (κ2) is 9.58. The van der Waals surface area contributed by atoms with Gasteiger partial charge in [-0.05, 0) is 56.4 Å². The fourth-order valence-electron chi connectivity index (χ4n) is 3.65. The van der Waals surface area contributed by atoms with Gasteiger partial charge >= 0.3 is 6.09 Å². The third-order valence-corrected chi connectivity index (χ3v) is 6.21. The first-order valence-corrected chi connectivity index (χ1v) is 11.4. The summed E-state index contributed by atoms with van der Waals surface area (Å²) in [6.45, 7) is 9.45. The first kappa shape index (κ1) is 23.2.